The molecule has 11 heavy (non-hydrogen) atoms. The van der Waals surface area contributed by atoms with E-state index in [0.717, 1.165) is 16.9 Å². The minimum absolute atomic E-state index is 0.307. The molecule has 0 spiro atoms. The van der Waals surface area contributed by atoms with Crippen LogP contribution >= 0.6 is 12.0 Å². The number of hydrogen-bond donors (Lipinski definition) is 0. The van der Waals surface area contributed by atoms with Gasteiger partial charge in [-0.3, -0.25) is 9.78 Å². The average Bonchev–Trinajstić information content (AvgIpc) is 2.03. The summed E-state index contributed by atoms with van der Waals surface area (Å²) in [6.07, 6.45) is 3.30. The van der Waals surface area contributed by atoms with Crippen LogP contribution in [0.5, 0.6) is 0 Å². The van der Waals surface area contributed by atoms with Gasteiger partial charge in [-0.25, -0.2) is 0 Å². The lowest BCUT2D eigenvalue weighted by Gasteiger charge is -1.96. The lowest BCUT2D eigenvalue weighted by Crippen LogP contribution is -1.88. The van der Waals surface area contributed by atoms with Crippen LogP contribution in [-0.2, 0) is 8.98 Å². The van der Waals surface area contributed by atoms with Crippen LogP contribution in [0.1, 0.15) is 6.92 Å². The van der Waals surface area contributed by atoms with Crippen molar-refractivity contribution in [2.45, 2.75) is 11.8 Å². The summed E-state index contributed by atoms with van der Waals surface area (Å²) >= 11 is 1.02. The molecular formula is C7H7NO2S. The zero-order chi connectivity index (χ0) is 8.10. The Morgan fingerprint density at radius 2 is 2.55 bits per heavy atom. The van der Waals surface area contributed by atoms with Crippen LogP contribution in [0.3, 0.4) is 0 Å². The quantitative estimate of drug-likeness (QED) is 0.631. The van der Waals surface area contributed by atoms with Gasteiger partial charge in [-0.2, -0.15) is 0 Å². The topological polar surface area (TPSA) is 39.2 Å². The molecule has 0 amide bonds. The molecule has 0 unspecified atom stereocenters. The first kappa shape index (κ1) is 8.07. The Balaban J connectivity index is 2.45. The SMILES string of the molecule is CC(=O)OSc1cccnc1. The third kappa shape index (κ3) is 3.04. The number of aromatic nitrogens is 1. The molecule has 1 aromatic heterocycles. The smallest absolute Gasteiger partial charge is 0.315 e. The van der Waals surface area contributed by atoms with E-state index >= 15 is 0 Å². The van der Waals surface area contributed by atoms with Gasteiger partial charge in [0.15, 0.2) is 0 Å². The largest absolute Gasteiger partial charge is 0.386 e. The van der Waals surface area contributed by atoms with E-state index in [0.29, 0.717) is 0 Å². The Hall–Kier alpha value is -1.03. The van der Waals surface area contributed by atoms with Crippen LogP contribution in [0.4, 0.5) is 0 Å². The molecule has 0 aliphatic rings. The fourth-order valence-electron chi connectivity index (χ4n) is 0.503. The summed E-state index contributed by atoms with van der Waals surface area (Å²) in [5, 5.41) is 0. The van der Waals surface area contributed by atoms with Gasteiger partial charge in [0.25, 0.3) is 0 Å². The van der Waals surface area contributed by atoms with Crippen molar-refractivity contribution in [3.05, 3.63) is 24.5 Å². The van der Waals surface area contributed by atoms with Gasteiger partial charge in [-0.1, -0.05) is 0 Å². The first-order valence-corrected chi connectivity index (χ1v) is 3.78. The maximum Gasteiger partial charge on any atom is 0.315 e. The first-order chi connectivity index (χ1) is 5.29. The van der Waals surface area contributed by atoms with Crippen LogP contribution in [-0.4, -0.2) is 11.0 Å². The van der Waals surface area contributed by atoms with E-state index in [-0.39, 0.29) is 5.97 Å². The van der Waals surface area contributed by atoms with Gasteiger partial charge in [0.1, 0.15) is 0 Å². The Morgan fingerprint density at radius 3 is 3.09 bits per heavy atom. The molecule has 0 fully saturated rings. The summed E-state index contributed by atoms with van der Waals surface area (Å²) in [6.45, 7) is 1.36. The Bertz CT molecular complexity index is 237. The summed E-state index contributed by atoms with van der Waals surface area (Å²) in [5.74, 6) is -0.307. The summed E-state index contributed by atoms with van der Waals surface area (Å²) in [7, 11) is 0. The summed E-state index contributed by atoms with van der Waals surface area (Å²) in [4.78, 5) is 15.0. The number of carbonyl (C=O) groups is 1. The zero-order valence-electron chi connectivity index (χ0n) is 5.98. The highest BCUT2D eigenvalue weighted by molar-refractivity contribution is 7.95. The van der Waals surface area contributed by atoms with Gasteiger partial charge in [-0.15, -0.1) is 0 Å². The van der Waals surface area contributed by atoms with E-state index in [1.165, 1.54) is 6.92 Å². The van der Waals surface area contributed by atoms with Crippen molar-refractivity contribution < 1.29 is 8.98 Å². The molecule has 1 rings (SSSR count). The molecule has 1 aromatic rings. The van der Waals surface area contributed by atoms with Gasteiger partial charge in [0.05, 0.1) is 16.9 Å². The second-order valence-electron chi connectivity index (χ2n) is 1.85. The molecule has 0 aliphatic carbocycles. The second kappa shape index (κ2) is 3.98. The Kier molecular flexibility index (Phi) is 2.92. The van der Waals surface area contributed by atoms with E-state index in [1.54, 1.807) is 18.5 Å². The molecule has 0 bridgehead atoms. The fourth-order valence-corrected chi connectivity index (χ4v) is 0.955. The lowest BCUT2D eigenvalue weighted by molar-refractivity contribution is -0.130. The van der Waals surface area contributed by atoms with Crippen LogP contribution < -0.4 is 0 Å². The maximum atomic E-state index is 10.4. The number of nitrogens with zero attached hydrogens (tertiary/aromatic N) is 1. The zero-order valence-corrected chi connectivity index (χ0v) is 6.80. The summed E-state index contributed by atoms with van der Waals surface area (Å²) < 4.78 is 4.67. The van der Waals surface area contributed by atoms with E-state index in [4.69, 9.17) is 0 Å². The van der Waals surface area contributed by atoms with Crippen molar-refractivity contribution in [2.75, 3.05) is 0 Å². The molecule has 0 saturated heterocycles. The fraction of sp³-hybridized carbons (Fsp3) is 0.143. The second-order valence-corrected chi connectivity index (χ2v) is 2.65. The molecule has 3 nitrogen and oxygen atoms in total. The van der Waals surface area contributed by atoms with Crippen LogP contribution in [0.15, 0.2) is 29.4 Å². The molecule has 0 aromatic carbocycles. The van der Waals surface area contributed by atoms with E-state index in [9.17, 15) is 4.79 Å². The number of pyridine rings is 1. The van der Waals surface area contributed by atoms with Crippen molar-refractivity contribution >= 4 is 18.0 Å². The maximum absolute atomic E-state index is 10.4. The number of hydrogen-bond acceptors (Lipinski definition) is 4. The normalized spacial score (nSPS) is 9.18. The van der Waals surface area contributed by atoms with Crippen LogP contribution in [0, 0.1) is 0 Å². The number of rotatable bonds is 2. The van der Waals surface area contributed by atoms with Gasteiger partial charge < -0.3 is 4.18 Å². The predicted octanol–water partition coefficient (Wildman–Crippen LogP) is 1.65. The van der Waals surface area contributed by atoms with Crippen molar-refractivity contribution in [1.29, 1.82) is 0 Å². The molecule has 4 heteroatoms. The highest BCUT2D eigenvalue weighted by Crippen LogP contribution is 2.16. The summed E-state index contributed by atoms with van der Waals surface area (Å²) in [5.41, 5.74) is 0. The number of carbonyl (C=O) groups excluding carboxylic acids is 1. The minimum atomic E-state index is -0.307. The summed E-state index contributed by atoms with van der Waals surface area (Å²) in [6, 6.07) is 3.60. The van der Waals surface area contributed by atoms with Crippen molar-refractivity contribution in [2.24, 2.45) is 0 Å². The molecule has 58 valence electrons. The van der Waals surface area contributed by atoms with E-state index < -0.39 is 0 Å². The molecule has 0 radical (unpaired) electrons. The molecule has 0 atom stereocenters. The van der Waals surface area contributed by atoms with E-state index in [1.807, 2.05) is 6.07 Å². The van der Waals surface area contributed by atoms with Crippen molar-refractivity contribution in [3.63, 3.8) is 0 Å². The Labute approximate surface area is 69.0 Å². The third-order valence-electron chi connectivity index (χ3n) is 0.890. The van der Waals surface area contributed by atoms with Crippen LogP contribution in [0.25, 0.3) is 0 Å². The molecule has 1 heterocycles. The average molecular weight is 169 g/mol. The minimum Gasteiger partial charge on any atom is -0.386 e. The van der Waals surface area contributed by atoms with E-state index in [2.05, 4.69) is 9.17 Å². The van der Waals surface area contributed by atoms with Gasteiger partial charge in [0.2, 0.25) is 0 Å². The standard InChI is InChI=1S/C7H7NO2S/c1-6(9)10-11-7-3-2-4-8-5-7/h2-5H,1H3. The van der Waals surface area contributed by atoms with Crippen molar-refractivity contribution in [1.82, 2.24) is 4.98 Å². The Morgan fingerprint density at radius 1 is 1.73 bits per heavy atom. The first-order valence-electron chi connectivity index (χ1n) is 3.04. The third-order valence-corrected chi connectivity index (χ3v) is 1.64. The van der Waals surface area contributed by atoms with Crippen LogP contribution in [0.2, 0.25) is 0 Å². The molecule has 0 saturated carbocycles. The van der Waals surface area contributed by atoms with Gasteiger partial charge >= 0.3 is 5.97 Å². The predicted molar refractivity (Wildman–Crippen MR) is 41.9 cm³/mol. The van der Waals surface area contributed by atoms with Crippen molar-refractivity contribution in [3.8, 4) is 0 Å². The molecule has 0 aliphatic heterocycles. The van der Waals surface area contributed by atoms with Gasteiger partial charge in [0, 0.05) is 19.3 Å². The highest BCUT2D eigenvalue weighted by atomic mass is 32.2. The molecular weight excluding hydrogens is 162 g/mol. The van der Waals surface area contributed by atoms with Gasteiger partial charge in [-0.05, 0) is 12.1 Å². The molecule has 0 N–H and O–H groups in total. The highest BCUT2D eigenvalue weighted by Gasteiger charge is 1.96. The monoisotopic (exact) mass is 169 g/mol. The lowest BCUT2D eigenvalue weighted by atomic mass is 10.5.